The van der Waals surface area contributed by atoms with Gasteiger partial charge in [0.15, 0.2) is 17.0 Å². The topological polar surface area (TPSA) is 129 Å². The third-order valence-electron chi connectivity index (χ3n) is 7.78. The summed E-state index contributed by atoms with van der Waals surface area (Å²) in [6.45, 7) is 5.64. The van der Waals surface area contributed by atoms with Crippen molar-refractivity contribution in [1.29, 1.82) is 5.26 Å². The maximum absolute atomic E-state index is 9.82. The summed E-state index contributed by atoms with van der Waals surface area (Å²) in [4.78, 5) is 14.2. The first-order chi connectivity index (χ1) is 17.5. The molecule has 3 N–H and O–H groups in total. The Morgan fingerprint density at radius 2 is 2.03 bits per heavy atom. The number of hydrogen-bond acceptors (Lipinski definition) is 8. The molecule has 6 rings (SSSR count). The molecule has 0 amide bonds. The van der Waals surface area contributed by atoms with Crippen LogP contribution in [0.15, 0.2) is 30.7 Å². The Labute approximate surface area is 209 Å². The van der Waals surface area contributed by atoms with Crippen LogP contribution in [0.25, 0.3) is 22.3 Å². The van der Waals surface area contributed by atoms with Gasteiger partial charge in [0.05, 0.1) is 24.0 Å². The molecule has 2 aliphatic rings. The van der Waals surface area contributed by atoms with Crippen molar-refractivity contribution in [2.45, 2.75) is 32.6 Å². The van der Waals surface area contributed by atoms with E-state index in [9.17, 15) is 5.26 Å². The predicted octanol–water partition coefficient (Wildman–Crippen LogP) is 3.27. The Morgan fingerprint density at radius 3 is 2.75 bits per heavy atom. The lowest BCUT2D eigenvalue weighted by atomic mass is 9.80. The van der Waals surface area contributed by atoms with Crippen LogP contribution in [-0.4, -0.2) is 56.1 Å². The van der Waals surface area contributed by atoms with Crippen molar-refractivity contribution in [3.05, 3.63) is 41.9 Å². The zero-order valence-corrected chi connectivity index (χ0v) is 20.7. The molecular weight excluding hydrogens is 452 g/mol. The number of nitrogens with one attached hydrogen (secondary N) is 1. The van der Waals surface area contributed by atoms with Gasteiger partial charge in [-0.2, -0.15) is 15.5 Å². The second-order valence-electron chi connectivity index (χ2n) is 10.2. The number of fused-ring (bicyclic) bond motifs is 2. The van der Waals surface area contributed by atoms with Crippen LogP contribution in [0.3, 0.4) is 0 Å². The fourth-order valence-electron chi connectivity index (χ4n) is 5.47. The predicted molar refractivity (Wildman–Crippen MR) is 139 cm³/mol. The highest BCUT2D eigenvalue weighted by Crippen LogP contribution is 2.41. The minimum absolute atomic E-state index is 0.205. The molecule has 0 bridgehead atoms. The molecule has 0 unspecified atom stereocenters. The molecule has 184 valence electrons. The minimum atomic E-state index is 0.205. The largest absolute Gasteiger partial charge is 0.355 e. The number of benzene rings is 1. The highest BCUT2D eigenvalue weighted by atomic mass is 15.3. The van der Waals surface area contributed by atoms with Crippen molar-refractivity contribution in [3.63, 3.8) is 0 Å². The van der Waals surface area contributed by atoms with E-state index >= 15 is 0 Å². The van der Waals surface area contributed by atoms with Gasteiger partial charge in [0.1, 0.15) is 5.82 Å². The van der Waals surface area contributed by atoms with Gasteiger partial charge in [-0.25, -0.2) is 9.97 Å². The fourth-order valence-corrected chi connectivity index (χ4v) is 5.47. The average molecular weight is 483 g/mol. The maximum Gasteiger partial charge on any atom is 0.183 e. The van der Waals surface area contributed by atoms with Gasteiger partial charge >= 0.3 is 0 Å². The van der Waals surface area contributed by atoms with Gasteiger partial charge in [0.2, 0.25) is 0 Å². The average Bonchev–Trinajstić information content (AvgIpc) is 3.53. The van der Waals surface area contributed by atoms with E-state index in [-0.39, 0.29) is 5.41 Å². The molecule has 1 fully saturated rings. The number of aromatic nitrogens is 6. The van der Waals surface area contributed by atoms with Gasteiger partial charge in [0.25, 0.3) is 0 Å². The second-order valence-corrected chi connectivity index (χ2v) is 10.2. The van der Waals surface area contributed by atoms with Gasteiger partial charge in [-0.3, -0.25) is 9.78 Å². The number of rotatable bonds is 4. The molecule has 3 aromatic heterocycles. The van der Waals surface area contributed by atoms with Crippen molar-refractivity contribution in [1.82, 2.24) is 29.9 Å². The van der Waals surface area contributed by atoms with Crippen molar-refractivity contribution in [2.75, 3.05) is 36.0 Å². The molecule has 36 heavy (non-hydrogen) atoms. The monoisotopic (exact) mass is 482 g/mol. The summed E-state index contributed by atoms with van der Waals surface area (Å²) in [5.74, 6) is 1.63. The van der Waals surface area contributed by atoms with E-state index in [0.29, 0.717) is 17.8 Å². The highest BCUT2D eigenvalue weighted by Gasteiger charge is 2.30. The molecule has 5 heterocycles. The van der Waals surface area contributed by atoms with Gasteiger partial charge in [-0.1, -0.05) is 6.92 Å². The Balaban J connectivity index is 1.36. The minimum Gasteiger partial charge on any atom is -0.355 e. The lowest BCUT2D eigenvalue weighted by Crippen LogP contribution is -2.42. The molecule has 1 aromatic carbocycles. The number of nitriles is 1. The molecule has 0 atom stereocenters. The van der Waals surface area contributed by atoms with E-state index < -0.39 is 0 Å². The molecule has 0 spiro atoms. The number of H-pyrrole nitrogens is 1. The molecule has 1 saturated heterocycles. The van der Waals surface area contributed by atoms with Crippen LogP contribution in [0.5, 0.6) is 0 Å². The van der Waals surface area contributed by atoms with Gasteiger partial charge < -0.3 is 15.5 Å². The quantitative estimate of drug-likeness (QED) is 0.453. The third kappa shape index (κ3) is 3.67. The summed E-state index contributed by atoms with van der Waals surface area (Å²) >= 11 is 0. The second kappa shape index (κ2) is 8.60. The number of aryl methyl sites for hydroxylation is 1. The van der Waals surface area contributed by atoms with Gasteiger partial charge in [0, 0.05) is 49.7 Å². The van der Waals surface area contributed by atoms with Gasteiger partial charge in [-0.05, 0) is 55.3 Å². The van der Waals surface area contributed by atoms with E-state index in [1.165, 1.54) is 0 Å². The molecule has 0 aliphatic carbocycles. The summed E-state index contributed by atoms with van der Waals surface area (Å²) in [5.41, 5.74) is 12.4. The van der Waals surface area contributed by atoms with Crippen molar-refractivity contribution >= 4 is 28.5 Å². The van der Waals surface area contributed by atoms with Crippen LogP contribution >= 0.6 is 0 Å². The zero-order chi connectivity index (χ0) is 24.9. The molecular formula is C26H30N10. The normalized spacial score (nSPS) is 17.3. The zero-order valence-electron chi connectivity index (χ0n) is 20.7. The Morgan fingerprint density at radius 1 is 1.19 bits per heavy atom. The lowest BCUT2D eigenvalue weighted by molar-refractivity contribution is 0.258. The number of nitrogens with zero attached hydrogens (tertiary/aromatic N) is 8. The molecule has 4 aromatic rings. The number of nitrogens with two attached hydrogens (primary N) is 1. The molecule has 10 nitrogen and oxygen atoms in total. The van der Waals surface area contributed by atoms with Crippen LogP contribution in [0.4, 0.5) is 17.3 Å². The lowest BCUT2D eigenvalue weighted by Gasteiger charge is -2.39. The highest BCUT2D eigenvalue weighted by molar-refractivity contribution is 5.90. The van der Waals surface area contributed by atoms with Crippen molar-refractivity contribution in [3.8, 4) is 17.2 Å². The number of hydrogen-bond donors (Lipinski definition) is 2. The summed E-state index contributed by atoms with van der Waals surface area (Å²) in [6, 6.07) is 6.29. The first kappa shape index (κ1) is 22.5. The number of anilines is 3. The molecule has 2 aliphatic heterocycles. The molecule has 0 radical (unpaired) electrons. The van der Waals surface area contributed by atoms with Crippen molar-refractivity contribution in [2.24, 2.45) is 18.2 Å². The first-order valence-electron chi connectivity index (χ1n) is 12.5. The molecule has 0 saturated carbocycles. The summed E-state index contributed by atoms with van der Waals surface area (Å²) in [5, 5.41) is 21.9. The van der Waals surface area contributed by atoms with Gasteiger partial charge in [-0.15, -0.1) is 0 Å². The first-order valence-corrected chi connectivity index (χ1v) is 12.5. The summed E-state index contributed by atoms with van der Waals surface area (Å²) in [6.07, 6.45) is 9.57. The summed E-state index contributed by atoms with van der Waals surface area (Å²) in [7, 11) is 1.89. The molecule has 10 heteroatoms. The Kier molecular flexibility index (Phi) is 5.38. The van der Waals surface area contributed by atoms with E-state index in [1.807, 2.05) is 37.8 Å². The van der Waals surface area contributed by atoms with E-state index in [2.05, 4.69) is 38.1 Å². The van der Waals surface area contributed by atoms with E-state index in [0.717, 1.165) is 84.8 Å². The van der Waals surface area contributed by atoms with E-state index in [4.69, 9.17) is 15.7 Å². The van der Waals surface area contributed by atoms with Crippen molar-refractivity contribution < 1.29 is 0 Å². The van der Waals surface area contributed by atoms with Crippen LogP contribution in [0.2, 0.25) is 0 Å². The van der Waals surface area contributed by atoms with Crippen LogP contribution in [0, 0.1) is 16.7 Å². The summed E-state index contributed by atoms with van der Waals surface area (Å²) < 4.78 is 1.77. The Hall–Kier alpha value is -3.97. The van der Waals surface area contributed by atoms with E-state index in [1.54, 1.807) is 4.68 Å². The van der Waals surface area contributed by atoms with Crippen LogP contribution in [-0.2, 0) is 13.5 Å². The van der Waals surface area contributed by atoms with Crippen LogP contribution in [0.1, 0.15) is 37.3 Å². The fraction of sp³-hybridized carbons (Fsp3) is 0.423. The standard InChI is InChI=1S/C26H30N10/c1-26(16-28)7-10-35(11-8-26)21-14-29-23-24(31-21)32-33-25(23)36-9-3-4-19-20(36)6-5-17(12-27)22(19)18-13-30-34(2)15-18/h5-6,13-15H,3-4,7-11,16,28H2,1-2H3,(H,31,32,33). The third-order valence-corrected chi connectivity index (χ3v) is 7.78. The number of aromatic amines is 1. The number of piperidine rings is 1. The van der Waals surface area contributed by atoms with Crippen LogP contribution < -0.4 is 15.5 Å². The SMILES string of the molecule is Cn1cc(-c2c(C#N)ccc3c2CCCN3c2n[nH]c3nc(N4CCC(C)(CN)CC4)cnc23)cn1. The Bertz CT molecular complexity index is 1470. The smallest absolute Gasteiger partial charge is 0.183 e. The maximum atomic E-state index is 9.82.